The Hall–Kier alpha value is -1.84. The van der Waals surface area contributed by atoms with Crippen LogP contribution in [0.2, 0.25) is 0 Å². The lowest BCUT2D eigenvalue weighted by molar-refractivity contribution is -0.116. The molecule has 1 N–H and O–H groups in total. The summed E-state index contributed by atoms with van der Waals surface area (Å²) in [5.74, 6) is 0.708. The molecule has 1 aliphatic heterocycles. The fourth-order valence-corrected chi connectivity index (χ4v) is 2.91. The van der Waals surface area contributed by atoms with Gasteiger partial charge in [0.1, 0.15) is 0 Å². The quantitative estimate of drug-likeness (QED) is 0.804. The van der Waals surface area contributed by atoms with Crippen molar-refractivity contribution < 1.29 is 9.59 Å². The number of nitrogens with zero attached hydrogens (tertiary/aromatic N) is 1. The molecule has 0 aliphatic carbocycles. The number of anilines is 1. The van der Waals surface area contributed by atoms with Gasteiger partial charge in [-0.05, 0) is 37.3 Å². The van der Waals surface area contributed by atoms with Crippen molar-refractivity contribution in [1.29, 1.82) is 0 Å². The summed E-state index contributed by atoms with van der Waals surface area (Å²) in [6, 6.07) is 7.34. The lowest BCUT2D eigenvalue weighted by Crippen LogP contribution is -2.38. The summed E-state index contributed by atoms with van der Waals surface area (Å²) < 4.78 is 0. The van der Waals surface area contributed by atoms with Crippen molar-refractivity contribution in [3.8, 4) is 0 Å². The van der Waals surface area contributed by atoms with Gasteiger partial charge in [-0.2, -0.15) is 0 Å². The second-order valence-corrected chi connectivity index (χ2v) is 6.53. The van der Waals surface area contributed by atoms with Crippen LogP contribution >= 0.6 is 0 Å². The van der Waals surface area contributed by atoms with Crippen LogP contribution in [0.1, 0.15) is 62.7 Å². The first-order valence-electron chi connectivity index (χ1n) is 8.80. The van der Waals surface area contributed by atoms with Gasteiger partial charge in [-0.25, -0.2) is 0 Å². The maximum absolute atomic E-state index is 12.7. The van der Waals surface area contributed by atoms with E-state index >= 15 is 0 Å². The minimum atomic E-state index is -0.00836. The molecule has 0 aromatic heterocycles. The number of piperidine rings is 1. The van der Waals surface area contributed by atoms with Crippen molar-refractivity contribution in [2.45, 2.75) is 52.4 Å². The topological polar surface area (TPSA) is 49.4 Å². The van der Waals surface area contributed by atoms with Crippen LogP contribution < -0.4 is 5.32 Å². The number of hydrogen-bond acceptors (Lipinski definition) is 2. The van der Waals surface area contributed by atoms with E-state index in [0.29, 0.717) is 23.6 Å². The second-order valence-electron chi connectivity index (χ2n) is 6.53. The molecule has 0 radical (unpaired) electrons. The van der Waals surface area contributed by atoms with Crippen molar-refractivity contribution >= 4 is 17.5 Å². The average molecular weight is 316 g/mol. The maximum Gasteiger partial charge on any atom is 0.255 e. The van der Waals surface area contributed by atoms with Crippen LogP contribution in [-0.4, -0.2) is 29.8 Å². The van der Waals surface area contributed by atoms with Gasteiger partial charge in [0.15, 0.2) is 0 Å². The highest BCUT2D eigenvalue weighted by atomic mass is 16.2. The van der Waals surface area contributed by atoms with E-state index in [9.17, 15) is 9.59 Å². The zero-order valence-corrected chi connectivity index (χ0v) is 14.3. The van der Waals surface area contributed by atoms with Crippen LogP contribution in [0.3, 0.4) is 0 Å². The Bertz CT molecular complexity index is 534. The summed E-state index contributed by atoms with van der Waals surface area (Å²) in [6.07, 6.45) is 5.66. The first-order valence-corrected chi connectivity index (χ1v) is 8.80. The lowest BCUT2D eigenvalue weighted by Gasteiger charge is -2.30. The highest BCUT2D eigenvalue weighted by Crippen LogP contribution is 2.22. The van der Waals surface area contributed by atoms with Gasteiger partial charge in [-0.1, -0.05) is 38.8 Å². The smallest absolute Gasteiger partial charge is 0.255 e. The Morgan fingerprint density at radius 3 is 2.57 bits per heavy atom. The maximum atomic E-state index is 12.7. The summed E-state index contributed by atoms with van der Waals surface area (Å²) in [6.45, 7) is 5.95. The van der Waals surface area contributed by atoms with Crippen LogP contribution in [-0.2, 0) is 4.79 Å². The molecule has 0 spiro atoms. The van der Waals surface area contributed by atoms with E-state index in [2.05, 4.69) is 19.2 Å². The van der Waals surface area contributed by atoms with Crippen LogP contribution in [0, 0.1) is 5.92 Å². The van der Waals surface area contributed by atoms with Crippen LogP contribution in [0.25, 0.3) is 0 Å². The molecule has 23 heavy (non-hydrogen) atoms. The van der Waals surface area contributed by atoms with Crippen molar-refractivity contribution in [2.24, 2.45) is 5.92 Å². The molecule has 1 saturated heterocycles. The summed E-state index contributed by atoms with van der Waals surface area (Å²) in [7, 11) is 0. The lowest BCUT2D eigenvalue weighted by atomic mass is 9.98. The average Bonchev–Trinajstić information content (AvgIpc) is 2.56. The van der Waals surface area contributed by atoms with Gasteiger partial charge in [0.05, 0.1) is 11.3 Å². The molecule has 126 valence electrons. The third-order valence-corrected chi connectivity index (χ3v) is 4.51. The number of rotatable bonds is 6. The molecule has 0 bridgehead atoms. The summed E-state index contributed by atoms with van der Waals surface area (Å²) in [5, 5.41) is 2.91. The predicted octanol–water partition coefficient (Wildman–Crippen LogP) is 4.08. The summed E-state index contributed by atoms with van der Waals surface area (Å²) in [5.41, 5.74) is 1.24. The SMILES string of the molecule is CCCCCC(=O)Nc1ccccc1C(=O)N1CCC(C)CC1. The van der Waals surface area contributed by atoms with E-state index < -0.39 is 0 Å². The highest BCUT2D eigenvalue weighted by Gasteiger charge is 2.23. The molecule has 2 rings (SSSR count). The van der Waals surface area contributed by atoms with Gasteiger partial charge < -0.3 is 10.2 Å². The molecule has 1 fully saturated rings. The monoisotopic (exact) mass is 316 g/mol. The molecule has 1 aromatic carbocycles. The van der Waals surface area contributed by atoms with Crippen molar-refractivity contribution in [1.82, 2.24) is 4.90 Å². The number of unbranched alkanes of at least 4 members (excludes halogenated alkanes) is 2. The molecule has 0 unspecified atom stereocenters. The Kier molecular flexibility index (Phi) is 6.63. The van der Waals surface area contributed by atoms with Crippen molar-refractivity contribution in [3.05, 3.63) is 29.8 Å². The molecular weight excluding hydrogens is 288 g/mol. The Balaban J connectivity index is 2.02. The number of likely N-dealkylation sites (tertiary alicyclic amines) is 1. The molecule has 1 heterocycles. The third kappa shape index (κ3) is 5.08. The Morgan fingerprint density at radius 1 is 1.17 bits per heavy atom. The number of para-hydroxylation sites is 1. The fraction of sp³-hybridized carbons (Fsp3) is 0.579. The molecule has 1 aromatic rings. The van der Waals surface area contributed by atoms with E-state index in [1.165, 1.54) is 0 Å². The zero-order valence-electron chi connectivity index (χ0n) is 14.3. The first-order chi connectivity index (χ1) is 11.1. The number of amides is 2. The summed E-state index contributed by atoms with van der Waals surface area (Å²) in [4.78, 5) is 26.7. The predicted molar refractivity (Wildman–Crippen MR) is 93.5 cm³/mol. The number of carbonyl (C=O) groups excluding carboxylic acids is 2. The molecule has 4 nitrogen and oxygen atoms in total. The van der Waals surface area contributed by atoms with Crippen molar-refractivity contribution in [2.75, 3.05) is 18.4 Å². The van der Waals surface area contributed by atoms with E-state index in [1.807, 2.05) is 29.2 Å². The van der Waals surface area contributed by atoms with E-state index in [-0.39, 0.29) is 11.8 Å². The zero-order chi connectivity index (χ0) is 16.7. The van der Waals surface area contributed by atoms with Gasteiger partial charge in [0.25, 0.3) is 5.91 Å². The van der Waals surface area contributed by atoms with E-state index in [1.54, 1.807) is 0 Å². The van der Waals surface area contributed by atoms with Crippen LogP contribution in [0.4, 0.5) is 5.69 Å². The van der Waals surface area contributed by atoms with Crippen LogP contribution in [0.5, 0.6) is 0 Å². The van der Waals surface area contributed by atoms with Gasteiger partial charge in [0, 0.05) is 19.5 Å². The largest absolute Gasteiger partial charge is 0.339 e. The minimum absolute atomic E-state index is 0.00836. The minimum Gasteiger partial charge on any atom is -0.339 e. The van der Waals surface area contributed by atoms with Crippen LogP contribution in [0.15, 0.2) is 24.3 Å². The number of carbonyl (C=O) groups is 2. The molecule has 1 aliphatic rings. The molecule has 0 saturated carbocycles. The summed E-state index contributed by atoms with van der Waals surface area (Å²) >= 11 is 0. The standard InChI is InChI=1S/C19H28N2O2/c1-3-4-5-10-18(22)20-17-9-7-6-8-16(17)19(23)21-13-11-15(2)12-14-21/h6-9,15H,3-5,10-14H2,1-2H3,(H,20,22). The van der Waals surface area contributed by atoms with Gasteiger partial charge in [-0.3, -0.25) is 9.59 Å². The third-order valence-electron chi connectivity index (χ3n) is 4.51. The van der Waals surface area contributed by atoms with E-state index in [0.717, 1.165) is 45.2 Å². The first kappa shape index (κ1) is 17.5. The normalized spacial score (nSPS) is 15.5. The number of nitrogens with one attached hydrogen (secondary N) is 1. The Labute approximate surface area is 139 Å². The molecule has 2 amide bonds. The Morgan fingerprint density at radius 2 is 1.87 bits per heavy atom. The second kappa shape index (κ2) is 8.70. The number of hydrogen-bond donors (Lipinski definition) is 1. The van der Waals surface area contributed by atoms with Gasteiger partial charge in [-0.15, -0.1) is 0 Å². The van der Waals surface area contributed by atoms with E-state index in [4.69, 9.17) is 0 Å². The molecule has 4 heteroatoms. The molecular formula is C19H28N2O2. The van der Waals surface area contributed by atoms with Crippen molar-refractivity contribution in [3.63, 3.8) is 0 Å². The molecule has 0 atom stereocenters. The fourth-order valence-electron chi connectivity index (χ4n) is 2.91. The highest BCUT2D eigenvalue weighted by molar-refractivity contribution is 6.03. The van der Waals surface area contributed by atoms with Gasteiger partial charge in [0.2, 0.25) is 5.91 Å². The number of benzene rings is 1. The van der Waals surface area contributed by atoms with Gasteiger partial charge >= 0.3 is 0 Å².